The first-order valence-electron chi connectivity index (χ1n) is 13.2. The molecule has 0 spiro atoms. The molecule has 8 N–H and O–H groups in total. The smallest absolute Gasteiger partial charge is 0.221 e. The summed E-state index contributed by atoms with van der Waals surface area (Å²) in [5, 5.41) is 0. The van der Waals surface area contributed by atoms with Gasteiger partial charge >= 0.3 is 0 Å². The highest BCUT2D eigenvalue weighted by Crippen LogP contribution is 2.40. The fraction of sp³-hybridized carbons (Fsp3) is 0.286. The number of aromatic nitrogens is 4. The van der Waals surface area contributed by atoms with Crippen LogP contribution >= 0.6 is 0 Å². The molecule has 2 aromatic heterocycles. The lowest BCUT2D eigenvalue weighted by Gasteiger charge is -2.14. The number of nitrogens with zero attached hydrogens (tertiary/aromatic N) is 4. The molecule has 0 unspecified atom stereocenters. The average molecular weight is 677 g/mol. The summed E-state index contributed by atoms with van der Waals surface area (Å²) in [6, 6.07) is 7.43. The van der Waals surface area contributed by atoms with Gasteiger partial charge in [-0.1, -0.05) is 0 Å². The monoisotopic (exact) mass is 676 g/mol. The van der Waals surface area contributed by atoms with Crippen LogP contribution in [-0.4, -0.2) is 80.1 Å². The third kappa shape index (κ3) is 11.4. The van der Waals surface area contributed by atoms with E-state index in [1.807, 2.05) is 24.3 Å². The fourth-order valence-corrected chi connectivity index (χ4v) is 4.06. The topological polar surface area (TPSA) is 291 Å². The minimum atomic E-state index is -5.17. The van der Waals surface area contributed by atoms with E-state index in [9.17, 15) is 0 Å². The zero-order chi connectivity index (χ0) is 35.3. The van der Waals surface area contributed by atoms with Crippen LogP contribution in [0.3, 0.4) is 0 Å². The standard InChI is InChI=1S/2C14H18N4O3.H2O4S/c2*1-19-10-5-8(6-11(20-2)12(10)21-3)4-9-7-17-14(16)18-13(9)15;1-5(2,3)4/h2*5-7H,4H2,1-3H3,(H4,15,16,17,18);(H2,1,2,3,4)/p-2. The van der Waals surface area contributed by atoms with Gasteiger partial charge in [0, 0.05) is 46.8 Å². The molecular weight excluding hydrogens is 640 g/mol. The summed E-state index contributed by atoms with van der Waals surface area (Å²) in [6.07, 6.45) is 4.29. The van der Waals surface area contributed by atoms with Gasteiger partial charge in [-0.25, -0.2) is 9.97 Å². The second-order valence-corrected chi connectivity index (χ2v) is 9.92. The van der Waals surface area contributed by atoms with Crippen LogP contribution in [0.15, 0.2) is 36.7 Å². The maximum absolute atomic E-state index is 8.52. The van der Waals surface area contributed by atoms with E-state index in [-0.39, 0.29) is 11.9 Å². The predicted molar refractivity (Wildman–Crippen MR) is 170 cm³/mol. The summed E-state index contributed by atoms with van der Waals surface area (Å²) in [7, 11) is 4.24. The van der Waals surface area contributed by atoms with E-state index in [4.69, 9.17) is 68.9 Å². The van der Waals surface area contributed by atoms with Crippen LogP contribution < -0.4 is 51.4 Å². The number of hydrogen-bond acceptors (Lipinski definition) is 18. The quantitative estimate of drug-likeness (QED) is 0.135. The SMILES string of the molecule is COc1cc(Cc2cnc(N)nc2N)cc(OC)c1OC.COc1cc(Cc2cnc(N)nc2N)cc(OC)c1OC.O=S(=O)([O-])[O-]. The van der Waals surface area contributed by atoms with Gasteiger partial charge in [-0.15, -0.1) is 0 Å². The summed E-state index contributed by atoms with van der Waals surface area (Å²) in [4.78, 5) is 15.8. The highest BCUT2D eigenvalue weighted by Gasteiger charge is 2.16. The first-order chi connectivity index (χ1) is 22.2. The van der Waals surface area contributed by atoms with Gasteiger partial charge in [-0.3, -0.25) is 8.42 Å². The Bertz CT molecular complexity index is 1590. The zero-order valence-electron chi connectivity index (χ0n) is 26.5. The molecule has 19 heteroatoms. The van der Waals surface area contributed by atoms with Crippen molar-refractivity contribution in [3.8, 4) is 34.5 Å². The molecule has 0 aliphatic carbocycles. The van der Waals surface area contributed by atoms with Gasteiger partial charge in [-0.05, 0) is 35.4 Å². The summed E-state index contributed by atoms with van der Waals surface area (Å²) in [5.41, 5.74) is 26.1. The van der Waals surface area contributed by atoms with Gasteiger partial charge in [0.1, 0.15) is 11.6 Å². The molecule has 0 aliphatic heterocycles. The van der Waals surface area contributed by atoms with Crippen molar-refractivity contribution >= 4 is 33.9 Å². The number of benzene rings is 2. The Balaban J connectivity index is 0.000000286. The molecule has 0 aliphatic rings. The number of rotatable bonds is 10. The van der Waals surface area contributed by atoms with Gasteiger partial charge in [0.15, 0.2) is 23.0 Å². The van der Waals surface area contributed by atoms with E-state index >= 15 is 0 Å². The largest absolute Gasteiger partial charge is 0.759 e. The van der Waals surface area contributed by atoms with Crippen LogP contribution in [0.25, 0.3) is 0 Å². The van der Waals surface area contributed by atoms with Gasteiger partial charge in [0.05, 0.1) is 42.7 Å². The molecule has 0 atom stereocenters. The average Bonchev–Trinajstić information content (AvgIpc) is 3.02. The minimum absolute atomic E-state index is 0.154. The Morgan fingerprint density at radius 3 is 1.06 bits per heavy atom. The van der Waals surface area contributed by atoms with E-state index in [1.165, 1.54) is 0 Å². The molecule has 0 saturated carbocycles. The van der Waals surface area contributed by atoms with Crippen LogP contribution in [0, 0.1) is 0 Å². The molecule has 0 saturated heterocycles. The Morgan fingerprint density at radius 1 is 0.574 bits per heavy atom. The summed E-state index contributed by atoms with van der Waals surface area (Å²) < 4.78 is 65.9. The van der Waals surface area contributed by atoms with Crippen molar-refractivity contribution in [1.82, 2.24) is 19.9 Å². The van der Waals surface area contributed by atoms with Gasteiger partial charge in [0.25, 0.3) is 0 Å². The van der Waals surface area contributed by atoms with Crippen molar-refractivity contribution in [2.75, 3.05) is 65.6 Å². The van der Waals surface area contributed by atoms with E-state index in [0.29, 0.717) is 59.0 Å². The summed E-state index contributed by atoms with van der Waals surface area (Å²) in [5.74, 6) is 4.46. The van der Waals surface area contributed by atoms with E-state index in [1.54, 1.807) is 55.1 Å². The molecule has 256 valence electrons. The molecule has 0 radical (unpaired) electrons. The molecule has 2 aromatic carbocycles. The number of anilines is 4. The summed E-state index contributed by atoms with van der Waals surface area (Å²) in [6.45, 7) is 0. The second kappa shape index (κ2) is 17.2. The molecule has 0 bridgehead atoms. The number of nitrogens with two attached hydrogens (primary N) is 4. The Labute approximate surface area is 271 Å². The Kier molecular flexibility index (Phi) is 13.8. The Hall–Kier alpha value is -5.53. The highest BCUT2D eigenvalue weighted by atomic mass is 32.3. The normalized spacial score (nSPS) is 10.4. The summed E-state index contributed by atoms with van der Waals surface area (Å²) >= 11 is 0. The second-order valence-electron chi connectivity index (χ2n) is 9.11. The number of hydrogen-bond donors (Lipinski definition) is 4. The molecular formula is C28H36N8O10S-2. The van der Waals surface area contributed by atoms with Crippen LogP contribution in [0.1, 0.15) is 22.3 Å². The van der Waals surface area contributed by atoms with Gasteiger partial charge in [0.2, 0.25) is 23.4 Å². The maximum Gasteiger partial charge on any atom is 0.221 e. The van der Waals surface area contributed by atoms with Crippen LogP contribution in [0.5, 0.6) is 34.5 Å². The minimum Gasteiger partial charge on any atom is -0.759 e. The lowest BCUT2D eigenvalue weighted by Crippen LogP contribution is -2.04. The van der Waals surface area contributed by atoms with Gasteiger partial charge in [-0.2, -0.15) is 9.97 Å². The van der Waals surface area contributed by atoms with Crippen molar-refractivity contribution < 1.29 is 45.9 Å². The van der Waals surface area contributed by atoms with Gasteiger partial charge < -0.3 is 60.5 Å². The van der Waals surface area contributed by atoms with E-state index in [0.717, 1.165) is 22.3 Å². The van der Waals surface area contributed by atoms with Crippen LogP contribution in [-0.2, 0) is 23.2 Å². The van der Waals surface area contributed by atoms with Crippen LogP contribution in [0.4, 0.5) is 23.5 Å². The lowest BCUT2D eigenvalue weighted by molar-refractivity contribution is 0.324. The zero-order valence-corrected chi connectivity index (χ0v) is 27.3. The molecule has 2 heterocycles. The maximum atomic E-state index is 8.52. The first-order valence-corrected chi connectivity index (χ1v) is 14.5. The fourth-order valence-electron chi connectivity index (χ4n) is 4.06. The van der Waals surface area contributed by atoms with Crippen LogP contribution in [0.2, 0.25) is 0 Å². The Morgan fingerprint density at radius 2 is 0.851 bits per heavy atom. The third-order valence-electron chi connectivity index (χ3n) is 6.07. The number of methoxy groups -OCH3 is 6. The van der Waals surface area contributed by atoms with E-state index < -0.39 is 10.4 Å². The van der Waals surface area contributed by atoms with Crippen molar-refractivity contribution in [3.05, 3.63) is 58.9 Å². The number of nitrogen functional groups attached to an aromatic ring is 4. The molecule has 4 aromatic rings. The first kappa shape index (κ1) is 37.7. The highest BCUT2D eigenvalue weighted by molar-refractivity contribution is 7.79. The molecule has 4 rings (SSSR count). The predicted octanol–water partition coefficient (Wildman–Crippen LogP) is 1.18. The lowest BCUT2D eigenvalue weighted by atomic mass is 10.1. The van der Waals surface area contributed by atoms with E-state index in [2.05, 4.69) is 19.9 Å². The van der Waals surface area contributed by atoms with Crippen molar-refractivity contribution in [2.45, 2.75) is 12.8 Å². The van der Waals surface area contributed by atoms with Crippen molar-refractivity contribution in [2.24, 2.45) is 0 Å². The third-order valence-corrected chi connectivity index (χ3v) is 6.07. The molecule has 0 fully saturated rings. The van der Waals surface area contributed by atoms with Crippen molar-refractivity contribution in [1.29, 1.82) is 0 Å². The molecule has 18 nitrogen and oxygen atoms in total. The number of ether oxygens (including phenoxy) is 6. The molecule has 0 amide bonds. The van der Waals surface area contributed by atoms with Crippen molar-refractivity contribution in [3.63, 3.8) is 0 Å². The molecule has 47 heavy (non-hydrogen) atoms.